The molecular weight excluding hydrogens is 477 g/mol. The zero-order valence-corrected chi connectivity index (χ0v) is 18.8. The van der Waals surface area contributed by atoms with Crippen molar-refractivity contribution >= 4 is 47.0 Å². The van der Waals surface area contributed by atoms with Gasteiger partial charge in [-0.2, -0.15) is 0 Å². The van der Waals surface area contributed by atoms with Gasteiger partial charge in [-0.3, -0.25) is 15.1 Å². The van der Waals surface area contributed by atoms with Crippen LogP contribution in [0.4, 0.5) is 5.69 Å². The highest BCUT2D eigenvalue weighted by Crippen LogP contribution is 2.13. The topological polar surface area (TPSA) is 92.5 Å². The van der Waals surface area contributed by atoms with Crippen LogP contribution in [-0.2, 0) is 12.8 Å². The Morgan fingerprint density at radius 3 is 2.48 bits per heavy atom. The van der Waals surface area contributed by atoms with Crippen LogP contribution in [0.2, 0.25) is 0 Å². The lowest BCUT2D eigenvalue weighted by Crippen LogP contribution is -2.38. The van der Waals surface area contributed by atoms with E-state index in [4.69, 9.17) is 0 Å². The summed E-state index contributed by atoms with van der Waals surface area (Å²) in [5.74, 6) is 0.800. The molecule has 2 rings (SSSR count). The molecule has 0 aliphatic heterocycles. The van der Waals surface area contributed by atoms with E-state index in [0.29, 0.717) is 0 Å². The molecule has 0 aliphatic carbocycles. The van der Waals surface area contributed by atoms with Crippen LogP contribution >= 0.6 is 35.3 Å². The van der Waals surface area contributed by atoms with Crippen molar-refractivity contribution in [1.82, 2.24) is 15.6 Å². The minimum Gasteiger partial charge on any atom is -0.356 e. The fourth-order valence-corrected chi connectivity index (χ4v) is 3.26. The second-order valence-electron chi connectivity index (χ2n) is 5.92. The Balaban J connectivity index is 0.00000364. The van der Waals surface area contributed by atoms with Gasteiger partial charge in [-0.25, -0.2) is 4.98 Å². The molecule has 148 valence electrons. The number of non-ortho nitro benzene ring substituents is 1. The number of nitro groups is 1. The molecule has 0 spiro atoms. The maximum absolute atomic E-state index is 10.6. The molecule has 1 heterocycles. The molecule has 9 heteroatoms. The van der Waals surface area contributed by atoms with Gasteiger partial charge in [0.05, 0.1) is 9.93 Å². The Morgan fingerprint density at radius 1 is 1.19 bits per heavy atom. The molecule has 2 aromatic rings. The summed E-state index contributed by atoms with van der Waals surface area (Å²) in [7, 11) is 1.76. The summed E-state index contributed by atoms with van der Waals surface area (Å²) >= 11 is 1.72. The highest BCUT2D eigenvalue weighted by molar-refractivity contribution is 14.0. The fraction of sp³-hybridized carbons (Fsp3) is 0.444. The number of hydrogen-bond donors (Lipinski definition) is 2. The van der Waals surface area contributed by atoms with E-state index in [2.05, 4.69) is 27.5 Å². The summed E-state index contributed by atoms with van der Waals surface area (Å²) in [6.07, 6.45) is 5.72. The van der Waals surface area contributed by atoms with E-state index in [1.54, 1.807) is 30.5 Å². The summed E-state index contributed by atoms with van der Waals surface area (Å²) in [6, 6.07) is 6.77. The van der Waals surface area contributed by atoms with Crippen molar-refractivity contribution in [2.75, 3.05) is 20.1 Å². The smallest absolute Gasteiger partial charge is 0.269 e. The number of aromatic nitrogens is 1. The summed E-state index contributed by atoms with van der Waals surface area (Å²) in [5, 5.41) is 18.4. The van der Waals surface area contributed by atoms with E-state index in [9.17, 15) is 10.1 Å². The maximum atomic E-state index is 10.6. The predicted molar refractivity (Wildman–Crippen MR) is 121 cm³/mol. The first-order valence-corrected chi connectivity index (χ1v) is 9.49. The molecule has 0 saturated heterocycles. The number of aryl methyl sites for hydroxylation is 2. The molecule has 0 atom stereocenters. The Kier molecular flexibility index (Phi) is 10.9. The molecule has 0 radical (unpaired) electrons. The van der Waals surface area contributed by atoms with Crippen molar-refractivity contribution in [2.24, 2.45) is 4.99 Å². The number of rotatable bonds is 9. The molecule has 7 nitrogen and oxygen atoms in total. The van der Waals surface area contributed by atoms with Crippen molar-refractivity contribution in [3.8, 4) is 0 Å². The van der Waals surface area contributed by atoms with Gasteiger partial charge >= 0.3 is 0 Å². The van der Waals surface area contributed by atoms with Gasteiger partial charge in [0.2, 0.25) is 0 Å². The molecule has 0 unspecified atom stereocenters. The molecule has 0 amide bonds. The number of benzene rings is 1. The van der Waals surface area contributed by atoms with E-state index >= 15 is 0 Å². The zero-order valence-electron chi connectivity index (χ0n) is 15.6. The number of nitrogens with zero attached hydrogens (tertiary/aromatic N) is 3. The van der Waals surface area contributed by atoms with Crippen LogP contribution in [0.5, 0.6) is 0 Å². The van der Waals surface area contributed by atoms with E-state index in [-0.39, 0.29) is 34.6 Å². The summed E-state index contributed by atoms with van der Waals surface area (Å²) in [5.41, 5.74) is 1.26. The van der Waals surface area contributed by atoms with Crippen molar-refractivity contribution in [1.29, 1.82) is 0 Å². The van der Waals surface area contributed by atoms with Crippen molar-refractivity contribution in [3.63, 3.8) is 0 Å². The van der Waals surface area contributed by atoms with Crippen LogP contribution in [0.3, 0.4) is 0 Å². The SMILES string of the molecule is CN=C(NCCCCc1ccc([N+](=O)[O-])cc1)NCCc1ncc(C)s1.I. The Bertz CT molecular complexity index is 734. The minimum absolute atomic E-state index is 0. The van der Waals surface area contributed by atoms with Gasteiger partial charge in [0.15, 0.2) is 5.96 Å². The van der Waals surface area contributed by atoms with Gasteiger partial charge in [-0.05, 0) is 31.7 Å². The third-order valence-electron chi connectivity index (χ3n) is 3.86. The number of aliphatic imine (C=N–C) groups is 1. The number of thiazole rings is 1. The Hall–Kier alpha value is -1.75. The summed E-state index contributed by atoms with van der Waals surface area (Å²) < 4.78 is 0. The molecule has 27 heavy (non-hydrogen) atoms. The van der Waals surface area contributed by atoms with Crippen molar-refractivity contribution in [3.05, 3.63) is 56.0 Å². The molecule has 0 aliphatic rings. The van der Waals surface area contributed by atoms with E-state index in [0.717, 1.165) is 55.3 Å². The number of nitrogens with one attached hydrogen (secondary N) is 2. The van der Waals surface area contributed by atoms with Gasteiger partial charge in [0.25, 0.3) is 5.69 Å². The number of guanidine groups is 1. The average Bonchev–Trinajstić information content (AvgIpc) is 3.05. The zero-order chi connectivity index (χ0) is 18.8. The average molecular weight is 503 g/mol. The lowest BCUT2D eigenvalue weighted by atomic mass is 10.1. The van der Waals surface area contributed by atoms with E-state index < -0.39 is 0 Å². The molecule has 0 bridgehead atoms. The molecule has 2 N–H and O–H groups in total. The van der Waals surface area contributed by atoms with Gasteiger partial charge < -0.3 is 10.6 Å². The molecule has 1 aromatic heterocycles. The van der Waals surface area contributed by atoms with Gasteiger partial charge in [-0.1, -0.05) is 12.1 Å². The normalized spacial score (nSPS) is 11.0. The summed E-state index contributed by atoms with van der Waals surface area (Å²) in [6.45, 7) is 3.70. The van der Waals surface area contributed by atoms with Crippen LogP contribution in [0.1, 0.15) is 28.3 Å². The molecule has 1 aromatic carbocycles. The predicted octanol–water partition coefficient (Wildman–Crippen LogP) is 3.71. The quantitative estimate of drug-likeness (QED) is 0.136. The van der Waals surface area contributed by atoms with E-state index in [1.807, 2.05) is 18.3 Å². The third-order valence-corrected chi connectivity index (χ3v) is 4.83. The van der Waals surface area contributed by atoms with Crippen molar-refractivity contribution in [2.45, 2.75) is 32.6 Å². The highest BCUT2D eigenvalue weighted by atomic mass is 127. The lowest BCUT2D eigenvalue weighted by molar-refractivity contribution is -0.384. The molecule has 0 fully saturated rings. The second kappa shape index (κ2) is 12.6. The minimum atomic E-state index is -0.373. The number of hydrogen-bond acceptors (Lipinski definition) is 5. The number of unbranched alkanes of at least 4 members (excludes halogenated alkanes) is 1. The highest BCUT2D eigenvalue weighted by Gasteiger charge is 2.04. The van der Waals surface area contributed by atoms with Crippen LogP contribution in [0.25, 0.3) is 0 Å². The Morgan fingerprint density at radius 2 is 1.89 bits per heavy atom. The fourth-order valence-electron chi connectivity index (χ4n) is 2.47. The molecule has 0 saturated carbocycles. The van der Waals surface area contributed by atoms with Crippen LogP contribution in [0, 0.1) is 17.0 Å². The second-order valence-corrected chi connectivity index (χ2v) is 7.24. The Labute approximate surface area is 180 Å². The number of halogens is 1. The van der Waals surface area contributed by atoms with Crippen LogP contribution < -0.4 is 10.6 Å². The maximum Gasteiger partial charge on any atom is 0.269 e. The van der Waals surface area contributed by atoms with Crippen molar-refractivity contribution < 1.29 is 4.92 Å². The standard InChI is InChI=1S/C18H25N5O2S.HI/c1-14-13-22-17(26-14)10-12-21-18(19-2)20-11-4-3-5-15-6-8-16(9-7-15)23(24)25;/h6-9,13H,3-5,10-12H2,1-2H3,(H2,19,20,21);1H. The van der Waals surface area contributed by atoms with Gasteiger partial charge in [-0.15, -0.1) is 35.3 Å². The number of nitro benzene ring substituents is 1. The first kappa shape index (κ1) is 23.3. The van der Waals surface area contributed by atoms with E-state index in [1.165, 1.54) is 4.88 Å². The van der Waals surface area contributed by atoms with Gasteiger partial charge in [0.1, 0.15) is 0 Å². The summed E-state index contributed by atoms with van der Waals surface area (Å²) in [4.78, 5) is 20.1. The first-order valence-electron chi connectivity index (χ1n) is 8.67. The monoisotopic (exact) mass is 503 g/mol. The van der Waals surface area contributed by atoms with Gasteiger partial charge in [0, 0.05) is 49.8 Å². The largest absolute Gasteiger partial charge is 0.356 e. The van der Waals surface area contributed by atoms with Crippen LogP contribution in [-0.4, -0.2) is 36.0 Å². The first-order chi connectivity index (χ1) is 12.6. The lowest BCUT2D eigenvalue weighted by Gasteiger charge is -2.11. The third kappa shape index (κ3) is 8.65. The molecular formula is C18H26IN5O2S. The van der Waals surface area contributed by atoms with Crippen LogP contribution in [0.15, 0.2) is 35.5 Å².